The highest BCUT2D eigenvalue weighted by Gasteiger charge is 2.16. The third-order valence-corrected chi connectivity index (χ3v) is 4.25. The second kappa shape index (κ2) is 8.08. The van der Waals surface area contributed by atoms with E-state index in [1.807, 2.05) is 42.5 Å². The predicted octanol–water partition coefficient (Wildman–Crippen LogP) is 2.80. The van der Waals surface area contributed by atoms with Gasteiger partial charge in [-0.3, -0.25) is 9.69 Å². The Morgan fingerprint density at radius 1 is 1.08 bits per heavy atom. The number of hydrogen-bond donors (Lipinski definition) is 1. The average Bonchev–Trinajstić information content (AvgIpc) is 2.63. The summed E-state index contributed by atoms with van der Waals surface area (Å²) in [6, 6.07) is 18.0. The van der Waals surface area contributed by atoms with Crippen LogP contribution in [-0.2, 0) is 4.74 Å². The second-order valence-electron chi connectivity index (χ2n) is 6.23. The van der Waals surface area contributed by atoms with Gasteiger partial charge in [-0.1, -0.05) is 42.5 Å². The lowest BCUT2D eigenvalue weighted by molar-refractivity contribution is 0.0342. The van der Waals surface area contributed by atoms with Gasteiger partial charge in [0.15, 0.2) is 0 Å². The molecule has 1 atom stereocenters. The number of rotatable bonds is 5. The molecule has 0 radical (unpaired) electrons. The highest BCUT2D eigenvalue weighted by molar-refractivity contribution is 5.95. The van der Waals surface area contributed by atoms with Crippen LogP contribution in [0.5, 0.6) is 0 Å². The molecule has 0 aromatic heterocycles. The number of nitrogens with one attached hydrogen (secondary N) is 1. The van der Waals surface area contributed by atoms with Crippen LogP contribution in [0.2, 0.25) is 0 Å². The Kier molecular flexibility index (Phi) is 5.62. The van der Waals surface area contributed by atoms with Gasteiger partial charge in [-0.15, -0.1) is 0 Å². The van der Waals surface area contributed by atoms with Gasteiger partial charge in [0.05, 0.1) is 13.2 Å². The molecule has 0 saturated carbocycles. The molecule has 1 amide bonds. The summed E-state index contributed by atoms with van der Waals surface area (Å²) in [6.45, 7) is 6.33. The van der Waals surface area contributed by atoms with Crippen LogP contribution in [0.1, 0.15) is 17.3 Å². The summed E-state index contributed by atoms with van der Waals surface area (Å²) in [4.78, 5) is 14.9. The number of hydrogen-bond acceptors (Lipinski definition) is 3. The monoisotopic (exact) mass is 324 g/mol. The standard InChI is InChI=1S/C20H24N2O2/c1-16(15-22-10-12-24-13-11-22)21-20(23)19-9-5-8-18(14-19)17-6-3-2-4-7-17/h2-9,14,16H,10-13,15H2,1H3,(H,21,23). The lowest BCUT2D eigenvalue weighted by Gasteiger charge is -2.29. The summed E-state index contributed by atoms with van der Waals surface area (Å²) in [7, 11) is 0. The minimum atomic E-state index is -0.0199. The Morgan fingerprint density at radius 2 is 1.79 bits per heavy atom. The van der Waals surface area contributed by atoms with Gasteiger partial charge < -0.3 is 10.1 Å². The van der Waals surface area contributed by atoms with Crippen LogP contribution >= 0.6 is 0 Å². The van der Waals surface area contributed by atoms with E-state index in [1.54, 1.807) is 0 Å². The van der Waals surface area contributed by atoms with Gasteiger partial charge >= 0.3 is 0 Å². The van der Waals surface area contributed by atoms with E-state index in [9.17, 15) is 4.79 Å². The topological polar surface area (TPSA) is 41.6 Å². The largest absolute Gasteiger partial charge is 0.379 e. The smallest absolute Gasteiger partial charge is 0.251 e. The van der Waals surface area contributed by atoms with Crippen molar-refractivity contribution >= 4 is 5.91 Å². The number of ether oxygens (including phenoxy) is 1. The van der Waals surface area contributed by atoms with E-state index in [0.717, 1.165) is 44.0 Å². The molecule has 1 unspecified atom stereocenters. The Bertz CT molecular complexity index is 666. The highest BCUT2D eigenvalue weighted by Crippen LogP contribution is 2.20. The second-order valence-corrected chi connectivity index (χ2v) is 6.23. The maximum Gasteiger partial charge on any atom is 0.251 e. The van der Waals surface area contributed by atoms with Crippen LogP contribution in [0.25, 0.3) is 11.1 Å². The van der Waals surface area contributed by atoms with Crippen molar-refractivity contribution in [2.45, 2.75) is 13.0 Å². The minimum absolute atomic E-state index is 0.0199. The van der Waals surface area contributed by atoms with Gasteiger partial charge in [0.2, 0.25) is 0 Å². The van der Waals surface area contributed by atoms with Gasteiger partial charge in [0, 0.05) is 31.2 Å². The Labute approximate surface area is 143 Å². The normalized spacial score (nSPS) is 16.5. The van der Waals surface area contributed by atoms with Gasteiger partial charge in [-0.05, 0) is 30.2 Å². The lowest BCUT2D eigenvalue weighted by atomic mass is 10.0. The quantitative estimate of drug-likeness (QED) is 0.919. The van der Waals surface area contributed by atoms with Gasteiger partial charge in [0.25, 0.3) is 5.91 Å². The number of morpholine rings is 1. The Morgan fingerprint density at radius 3 is 2.54 bits per heavy atom. The molecule has 4 nitrogen and oxygen atoms in total. The number of benzene rings is 2. The summed E-state index contributed by atoms with van der Waals surface area (Å²) >= 11 is 0. The van der Waals surface area contributed by atoms with Crippen LogP contribution in [0.3, 0.4) is 0 Å². The maximum absolute atomic E-state index is 12.5. The molecule has 1 fully saturated rings. The fourth-order valence-corrected chi connectivity index (χ4v) is 2.99. The van der Waals surface area contributed by atoms with Crippen molar-refractivity contribution in [3.63, 3.8) is 0 Å². The van der Waals surface area contributed by atoms with E-state index in [2.05, 4.69) is 29.3 Å². The van der Waals surface area contributed by atoms with Crippen molar-refractivity contribution < 1.29 is 9.53 Å². The summed E-state index contributed by atoms with van der Waals surface area (Å²) in [5.74, 6) is -0.0199. The van der Waals surface area contributed by atoms with Crippen LogP contribution in [-0.4, -0.2) is 49.7 Å². The van der Waals surface area contributed by atoms with Gasteiger partial charge in [-0.2, -0.15) is 0 Å². The molecule has 0 bridgehead atoms. The number of carbonyl (C=O) groups excluding carboxylic acids is 1. The summed E-state index contributed by atoms with van der Waals surface area (Å²) in [5.41, 5.74) is 2.88. The van der Waals surface area contributed by atoms with E-state index in [0.29, 0.717) is 5.56 Å². The molecular formula is C20H24N2O2. The van der Waals surface area contributed by atoms with Gasteiger partial charge in [0.1, 0.15) is 0 Å². The van der Waals surface area contributed by atoms with Crippen LogP contribution in [0, 0.1) is 0 Å². The zero-order chi connectivity index (χ0) is 16.8. The van der Waals surface area contributed by atoms with E-state index < -0.39 is 0 Å². The van der Waals surface area contributed by atoms with Crippen molar-refractivity contribution in [3.05, 3.63) is 60.2 Å². The summed E-state index contributed by atoms with van der Waals surface area (Å²) in [5, 5.41) is 3.10. The van der Waals surface area contributed by atoms with Crippen molar-refractivity contribution in [2.75, 3.05) is 32.8 Å². The molecule has 1 aliphatic rings. The molecule has 24 heavy (non-hydrogen) atoms. The summed E-state index contributed by atoms with van der Waals surface area (Å²) < 4.78 is 5.36. The molecule has 0 spiro atoms. The van der Waals surface area contributed by atoms with E-state index >= 15 is 0 Å². The maximum atomic E-state index is 12.5. The fraction of sp³-hybridized carbons (Fsp3) is 0.350. The minimum Gasteiger partial charge on any atom is -0.379 e. The fourth-order valence-electron chi connectivity index (χ4n) is 2.99. The SMILES string of the molecule is CC(CN1CCOCC1)NC(=O)c1cccc(-c2ccccc2)c1. The zero-order valence-corrected chi connectivity index (χ0v) is 14.1. The first-order valence-corrected chi connectivity index (χ1v) is 8.49. The van der Waals surface area contributed by atoms with Crippen molar-refractivity contribution in [2.24, 2.45) is 0 Å². The number of amides is 1. The van der Waals surface area contributed by atoms with Crippen LogP contribution in [0.4, 0.5) is 0 Å². The molecular weight excluding hydrogens is 300 g/mol. The third-order valence-electron chi connectivity index (χ3n) is 4.25. The third kappa shape index (κ3) is 4.43. The highest BCUT2D eigenvalue weighted by atomic mass is 16.5. The molecule has 1 aliphatic heterocycles. The van der Waals surface area contributed by atoms with E-state index in [1.165, 1.54) is 0 Å². The molecule has 2 aromatic rings. The van der Waals surface area contributed by atoms with E-state index in [4.69, 9.17) is 4.74 Å². The molecule has 3 rings (SSSR count). The van der Waals surface area contributed by atoms with Crippen molar-refractivity contribution in [1.29, 1.82) is 0 Å². The van der Waals surface area contributed by atoms with Crippen molar-refractivity contribution in [3.8, 4) is 11.1 Å². The van der Waals surface area contributed by atoms with Crippen molar-refractivity contribution in [1.82, 2.24) is 10.2 Å². The molecule has 126 valence electrons. The first kappa shape index (κ1) is 16.7. The zero-order valence-electron chi connectivity index (χ0n) is 14.1. The molecule has 1 saturated heterocycles. The van der Waals surface area contributed by atoms with E-state index in [-0.39, 0.29) is 11.9 Å². The summed E-state index contributed by atoms with van der Waals surface area (Å²) in [6.07, 6.45) is 0. The molecule has 1 heterocycles. The first-order chi connectivity index (χ1) is 11.7. The lowest BCUT2D eigenvalue weighted by Crippen LogP contribution is -2.46. The Balaban J connectivity index is 1.62. The predicted molar refractivity (Wildman–Crippen MR) is 96.1 cm³/mol. The molecule has 2 aromatic carbocycles. The number of carbonyl (C=O) groups is 1. The average molecular weight is 324 g/mol. The van der Waals surface area contributed by atoms with Gasteiger partial charge in [-0.25, -0.2) is 0 Å². The van der Waals surface area contributed by atoms with Crippen LogP contribution in [0.15, 0.2) is 54.6 Å². The Hall–Kier alpha value is -2.17. The molecule has 4 heteroatoms. The first-order valence-electron chi connectivity index (χ1n) is 8.49. The van der Waals surface area contributed by atoms with Crippen LogP contribution < -0.4 is 5.32 Å². The molecule has 0 aliphatic carbocycles. The molecule has 1 N–H and O–H groups in total. The number of nitrogens with zero attached hydrogens (tertiary/aromatic N) is 1.